The van der Waals surface area contributed by atoms with Gasteiger partial charge in [-0.15, -0.1) is 0 Å². The Bertz CT molecular complexity index is 865. The smallest absolute Gasteiger partial charge is 0.338 e. The number of ether oxygens (including phenoxy) is 2. The Morgan fingerprint density at radius 3 is 2.39 bits per heavy atom. The van der Waals surface area contributed by atoms with E-state index in [2.05, 4.69) is 10.6 Å². The van der Waals surface area contributed by atoms with Gasteiger partial charge in [-0.2, -0.15) is 0 Å². The number of para-hydroxylation sites is 1. The van der Waals surface area contributed by atoms with Crippen molar-refractivity contribution >= 4 is 34.9 Å². The lowest BCUT2D eigenvalue weighted by Gasteiger charge is -2.21. The molecular formula is C24H28N2O4S. The van der Waals surface area contributed by atoms with E-state index < -0.39 is 0 Å². The number of hydrogen-bond donors (Lipinski definition) is 2. The number of amides is 1. The number of benzene rings is 2. The zero-order valence-electron chi connectivity index (χ0n) is 17.5. The van der Waals surface area contributed by atoms with Gasteiger partial charge in [-0.1, -0.05) is 24.6 Å². The largest absolute Gasteiger partial charge is 0.494 e. The molecule has 164 valence electrons. The van der Waals surface area contributed by atoms with E-state index in [1.807, 2.05) is 30.3 Å². The second-order valence-corrected chi connectivity index (χ2v) is 7.92. The third-order valence-corrected chi connectivity index (χ3v) is 5.22. The van der Waals surface area contributed by atoms with E-state index in [0.717, 1.165) is 31.4 Å². The monoisotopic (exact) mass is 440 g/mol. The summed E-state index contributed by atoms with van der Waals surface area (Å²) in [5.74, 6) is 0.306. The molecule has 1 amide bonds. The van der Waals surface area contributed by atoms with Crippen LogP contribution in [0.25, 0.3) is 0 Å². The van der Waals surface area contributed by atoms with Gasteiger partial charge in [0.2, 0.25) is 5.91 Å². The predicted octanol–water partition coefficient (Wildman–Crippen LogP) is 4.85. The summed E-state index contributed by atoms with van der Waals surface area (Å²) in [7, 11) is 0. The minimum atomic E-state index is -0.299. The summed E-state index contributed by atoms with van der Waals surface area (Å²) in [6.45, 7) is 0.454. The van der Waals surface area contributed by atoms with Crippen LogP contribution in [-0.4, -0.2) is 29.7 Å². The molecule has 3 rings (SSSR count). The van der Waals surface area contributed by atoms with Crippen molar-refractivity contribution < 1.29 is 19.1 Å². The predicted molar refractivity (Wildman–Crippen MR) is 124 cm³/mol. The van der Waals surface area contributed by atoms with Gasteiger partial charge >= 0.3 is 5.97 Å². The number of carbonyl (C=O) groups is 2. The molecule has 31 heavy (non-hydrogen) atoms. The summed E-state index contributed by atoms with van der Waals surface area (Å²) < 4.78 is 11.1. The molecule has 0 spiro atoms. The Kier molecular flexibility index (Phi) is 8.84. The van der Waals surface area contributed by atoms with E-state index >= 15 is 0 Å². The average Bonchev–Trinajstić information content (AvgIpc) is 2.78. The standard InChI is InChI=1S/C24H28N2O4S/c27-22(12-7-17-29-20-8-3-1-4-9-20)26-24(31)25-19-15-13-18(14-16-19)23(28)30-21-10-5-2-6-11-21/h1,3-4,8-9,13-16,21H,2,5-7,10-12,17H2,(H2,25,26,27,31). The van der Waals surface area contributed by atoms with E-state index in [0.29, 0.717) is 30.7 Å². The quantitative estimate of drug-likeness (QED) is 0.347. The fraction of sp³-hybridized carbons (Fsp3) is 0.375. The van der Waals surface area contributed by atoms with Gasteiger partial charge in [0, 0.05) is 12.1 Å². The fourth-order valence-electron chi connectivity index (χ4n) is 3.38. The molecule has 0 saturated heterocycles. The first-order chi connectivity index (χ1) is 15.1. The molecular weight excluding hydrogens is 412 g/mol. The molecule has 1 fully saturated rings. The maximum atomic E-state index is 12.3. The molecule has 0 heterocycles. The molecule has 0 radical (unpaired) electrons. The maximum absolute atomic E-state index is 12.3. The third-order valence-electron chi connectivity index (χ3n) is 5.02. The topological polar surface area (TPSA) is 76.7 Å². The molecule has 6 nitrogen and oxygen atoms in total. The van der Waals surface area contributed by atoms with Crippen LogP contribution in [0.15, 0.2) is 54.6 Å². The Morgan fingerprint density at radius 1 is 0.968 bits per heavy atom. The van der Waals surface area contributed by atoms with Crippen LogP contribution in [0.2, 0.25) is 0 Å². The second kappa shape index (κ2) is 12.1. The van der Waals surface area contributed by atoms with Gasteiger partial charge in [0.1, 0.15) is 11.9 Å². The van der Waals surface area contributed by atoms with Gasteiger partial charge in [0.15, 0.2) is 5.11 Å². The molecule has 0 bridgehead atoms. The number of rotatable bonds is 8. The van der Waals surface area contributed by atoms with Crippen LogP contribution in [0.3, 0.4) is 0 Å². The van der Waals surface area contributed by atoms with Crippen molar-refractivity contribution in [1.82, 2.24) is 5.32 Å². The van der Waals surface area contributed by atoms with Gasteiger partial charge < -0.3 is 20.1 Å². The van der Waals surface area contributed by atoms with Crippen LogP contribution in [0, 0.1) is 0 Å². The highest BCUT2D eigenvalue weighted by molar-refractivity contribution is 7.80. The van der Waals surface area contributed by atoms with Crippen LogP contribution >= 0.6 is 12.2 Å². The third kappa shape index (κ3) is 8.02. The van der Waals surface area contributed by atoms with E-state index in [4.69, 9.17) is 21.7 Å². The van der Waals surface area contributed by atoms with Gasteiger partial charge in [0.25, 0.3) is 0 Å². The molecule has 1 saturated carbocycles. The van der Waals surface area contributed by atoms with Crippen molar-refractivity contribution in [3.63, 3.8) is 0 Å². The summed E-state index contributed by atoms with van der Waals surface area (Å²) in [6, 6.07) is 16.3. The molecule has 7 heteroatoms. The normalized spacial score (nSPS) is 13.8. The SMILES string of the molecule is O=C(CCCOc1ccccc1)NC(=S)Nc1ccc(C(=O)OC2CCCCC2)cc1. The van der Waals surface area contributed by atoms with Gasteiger partial charge in [-0.3, -0.25) is 4.79 Å². The summed E-state index contributed by atoms with van der Waals surface area (Å²) in [6.07, 6.45) is 6.25. The highest BCUT2D eigenvalue weighted by Gasteiger charge is 2.18. The lowest BCUT2D eigenvalue weighted by Crippen LogP contribution is -2.34. The highest BCUT2D eigenvalue weighted by atomic mass is 32.1. The Balaban J connectivity index is 1.35. The lowest BCUT2D eigenvalue weighted by atomic mass is 9.98. The molecule has 0 unspecified atom stereocenters. The van der Waals surface area contributed by atoms with Crippen molar-refractivity contribution in [1.29, 1.82) is 0 Å². The van der Waals surface area contributed by atoms with Crippen molar-refractivity contribution in [3.8, 4) is 5.75 Å². The molecule has 0 atom stereocenters. The number of anilines is 1. The first-order valence-corrected chi connectivity index (χ1v) is 11.1. The van der Waals surface area contributed by atoms with Crippen LogP contribution in [0.4, 0.5) is 5.69 Å². The molecule has 1 aliphatic carbocycles. The van der Waals surface area contributed by atoms with Crippen LogP contribution < -0.4 is 15.4 Å². The molecule has 0 aliphatic heterocycles. The van der Waals surface area contributed by atoms with E-state index in [1.165, 1.54) is 6.42 Å². The molecule has 2 aromatic rings. The van der Waals surface area contributed by atoms with E-state index in [9.17, 15) is 9.59 Å². The molecule has 0 aromatic heterocycles. The summed E-state index contributed by atoms with van der Waals surface area (Å²) in [4.78, 5) is 24.3. The lowest BCUT2D eigenvalue weighted by molar-refractivity contribution is -0.119. The number of carbonyl (C=O) groups excluding carboxylic acids is 2. The van der Waals surface area contributed by atoms with Gasteiger partial charge in [-0.05, 0) is 80.7 Å². The van der Waals surface area contributed by atoms with E-state index in [1.54, 1.807) is 24.3 Å². The number of esters is 1. The summed E-state index contributed by atoms with van der Waals surface area (Å²) >= 11 is 5.19. The molecule has 1 aliphatic rings. The Hall–Kier alpha value is -2.93. The van der Waals surface area contributed by atoms with Gasteiger partial charge in [0.05, 0.1) is 12.2 Å². The average molecular weight is 441 g/mol. The highest BCUT2D eigenvalue weighted by Crippen LogP contribution is 2.21. The van der Waals surface area contributed by atoms with Gasteiger partial charge in [-0.25, -0.2) is 4.79 Å². The van der Waals surface area contributed by atoms with Crippen molar-refractivity contribution in [2.45, 2.75) is 51.0 Å². The van der Waals surface area contributed by atoms with Crippen LogP contribution in [-0.2, 0) is 9.53 Å². The Labute approximate surface area is 188 Å². The minimum absolute atomic E-state index is 0.0277. The summed E-state index contributed by atoms with van der Waals surface area (Å²) in [5, 5.41) is 5.82. The molecule has 2 N–H and O–H groups in total. The first-order valence-electron chi connectivity index (χ1n) is 10.7. The molecule has 2 aromatic carbocycles. The maximum Gasteiger partial charge on any atom is 0.338 e. The van der Waals surface area contributed by atoms with Crippen molar-refractivity contribution in [2.75, 3.05) is 11.9 Å². The van der Waals surface area contributed by atoms with Crippen molar-refractivity contribution in [3.05, 3.63) is 60.2 Å². The summed E-state index contributed by atoms with van der Waals surface area (Å²) in [5.41, 5.74) is 1.19. The van der Waals surface area contributed by atoms with Crippen LogP contribution in [0.5, 0.6) is 5.75 Å². The Morgan fingerprint density at radius 2 is 1.68 bits per heavy atom. The number of hydrogen-bond acceptors (Lipinski definition) is 5. The first kappa shape index (κ1) is 22.7. The van der Waals surface area contributed by atoms with Crippen LogP contribution in [0.1, 0.15) is 55.3 Å². The minimum Gasteiger partial charge on any atom is -0.494 e. The number of thiocarbonyl (C=S) groups is 1. The fourth-order valence-corrected chi connectivity index (χ4v) is 3.61. The van der Waals surface area contributed by atoms with Crippen molar-refractivity contribution in [2.24, 2.45) is 0 Å². The second-order valence-electron chi connectivity index (χ2n) is 7.51. The zero-order valence-corrected chi connectivity index (χ0v) is 18.3. The zero-order chi connectivity index (χ0) is 21.9. The van der Waals surface area contributed by atoms with E-state index in [-0.39, 0.29) is 23.1 Å². The number of nitrogens with one attached hydrogen (secondary N) is 2.